The van der Waals surface area contributed by atoms with Gasteiger partial charge in [0.25, 0.3) is 0 Å². The van der Waals surface area contributed by atoms with Gasteiger partial charge in [0, 0.05) is 30.2 Å². The molecule has 7 heteroatoms. The van der Waals surface area contributed by atoms with Crippen LogP contribution in [0.2, 0.25) is 10.0 Å². The zero-order chi connectivity index (χ0) is 18.8. The Kier molecular flexibility index (Phi) is 8.25. The van der Waals surface area contributed by atoms with Crippen LogP contribution in [0.1, 0.15) is 11.1 Å². The Labute approximate surface area is 163 Å². The Balaban J connectivity index is 1.69. The van der Waals surface area contributed by atoms with Crippen LogP contribution in [-0.2, 0) is 17.8 Å². The summed E-state index contributed by atoms with van der Waals surface area (Å²) < 4.78 is 0. The quantitative estimate of drug-likeness (QED) is 0.501. The van der Waals surface area contributed by atoms with Crippen molar-refractivity contribution in [2.75, 3.05) is 20.1 Å². The number of rotatable bonds is 7. The second-order valence-electron chi connectivity index (χ2n) is 5.60. The van der Waals surface area contributed by atoms with Crippen molar-refractivity contribution in [1.29, 1.82) is 0 Å². The Bertz CT molecular complexity index is 750. The zero-order valence-corrected chi connectivity index (χ0v) is 16.1. The van der Waals surface area contributed by atoms with Crippen LogP contribution < -0.4 is 16.0 Å². The highest BCUT2D eigenvalue weighted by atomic mass is 35.5. The van der Waals surface area contributed by atoms with Crippen molar-refractivity contribution >= 4 is 35.1 Å². The van der Waals surface area contributed by atoms with E-state index in [9.17, 15) is 4.79 Å². The minimum atomic E-state index is -0.0894. The van der Waals surface area contributed by atoms with Gasteiger partial charge in [0.05, 0.1) is 6.54 Å². The summed E-state index contributed by atoms with van der Waals surface area (Å²) in [5.41, 5.74) is 2.09. The van der Waals surface area contributed by atoms with Crippen LogP contribution in [0.3, 0.4) is 0 Å². The van der Waals surface area contributed by atoms with Crippen molar-refractivity contribution in [2.24, 2.45) is 4.99 Å². The standard InChI is InChI=1S/C19H22Cl2N4O/c1-22-19(24-12-15-7-8-16(20)11-17(15)21)25-13-18(26)23-10-9-14-5-3-2-4-6-14/h2-8,11H,9-10,12-13H2,1H3,(H,23,26)(H2,22,24,25). The number of carbonyl (C=O) groups excluding carboxylic acids is 1. The summed E-state index contributed by atoms with van der Waals surface area (Å²) in [4.78, 5) is 16.0. The molecule has 0 aliphatic rings. The molecule has 0 bridgehead atoms. The number of carbonyl (C=O) groups is 1. The molecule has 0 aliphatic carbocycles. The number of nitrogens with one attached hydrogen (secondary N) is 3. The van der Waals surface area contributed by atoms with Crippen molar-refractivity contribution in [2.45, 2.75) is 13.0 Å². The number of benzene rings is 2. The number of halogens is 2. The molecule has 0 saturated heterocycles. The van der Waals surface area contributed by atoms with E-state index < -0.39 is 0 Å². The van der Waals surface area contributed by atoms with Crippen LogP contribution in [0, 0.1) is 0 Å². The van der Waals surface area contributed by atoms with Gasteiger partial charge in [-0.2, -0.15) is 0 Å². The highest BCUT2D eigenvalue weighted by molar-refractivity contribution is 6.35. The van der Waals surface area contributed by atoms with Gasteiger partial charge in [-0.3, -0.25) is 9.79 Å². The van der Waals surface area contributed by atoms with Crippen molar-refractivity contribution in [3.63, 3.8) is 0 Å². The lowest BCUT2D eigenvalue weighted by Gasteiger charge is -2.13. The highest BCUT2D eigenvalue weighted by Gasteiger charge is 2.05. The van der Waals surface area contributed by atoms with Crippen LogP contribution >= 0.6 is 23.2 Å². The summed E-state index contributed by atoms with van der Waals surface area (Å²) in [5, 5.41) is 10.1. The van der Waals surface area contributed by atoms with Gasteiger partial charge in [0.2, 0.25) is 5.91 Å². The first-order chi connectivity index (χ1) is 12.6. The van der Waals surface area contributed by atoms with Crippen LogP contribution in [-0.4, -0.2) is 32.0 Å². The van der Waals surface area contributed by atoms with Crippen molar-refractivity contribution < 1.29 is 4.79 Å². The summed E-state index contributed by atoms with van der Waals surface area (Å²) >= 11 is 12.0. The lowest BCUT2D eigenvalue weighted by atomic mass is 10.1. The second-order valence-corrected chi connectivity index (χ2v) is 6.44. The van der Waals surface area contributed by atoms with Gasteiger partial charge in [-0.05, 0) is 29.7 Å². The third-order valence-electron chi connectivity index (χ3n) is 3.68. The molecule has 0 atom stereocenters. The largest absolute Gasteiger partial charge is 0.354 e. The van der Waals surface area contributed by atoms with Gasteiger partial charge < -0.3 is 16.0 Å². The van der Waals surface area contributed by atoms with Crippen molar-refractivity contribution in [1.82, 2.24) is 16.0 Å². The van der Waals surface area contributed by atoms with Gasteiger partial charge in [0.15, 0.2) is 5.96 Å². The van der Waals surface area contributed by atoms with Gasteiger partial charge in [0.1, 0.15) is 0 Å². The maximum atomic E-state index is 11.9. The summed E-state index contributed by atoms with van der Waals surface area (Å²) in [7, 11) is 1.64. The van der Waals surface area contributed by atoms with E-state index in [1.807, 2.05) is 36.4 Å². The monoisotopic (exact) mass is 392 g/mol. The first-order valence-corrected chi connectivity index (χ1v) is 9.03. The predicted molar refractivity (Wildman–Crippen MR) is 108 cm³/mol. The first-order valence-electron chi connectivity index (χ1n) is 8.27. The molecule has 5 nitrogen and oxygen atoms in total. The molecule has 26 heavy (non-hydrogen) atoms. The van der Waals surface area contributed by atoms with Gasteiger partial charge >= 0.3 is 0 Å². The zero-order valence-electron chi connectivity index (χ0n) is 14.6. The lowest BCUT2D eigenvalue weighted by Crippen LogP contribution is -2.43. The highest BCUT2D eigenvalue weighted by Crippen LogP contribution is 2.20. The van der Waals surface area contributed by atoms with E-state index in [1.54, 1.807) is 19.2 Å². The summed E-state index contributed by atoms with van der Waals surface area (Å²) in [6.45, 7) is 1.21. The Morgan fingerprint density at radius 3 is 2.50 bits per heavy atom. The average molecular weight is 393 g/mol. The first kappa shape index (κ1) is 20.1. The maximum absolute atomic E-state index is 11.9. The summed E-state index contributed by atoms with van der Waals surface area (Å²) in [6, 6.07) is 15.3. The van der Waals surface area contributed by atoms with Crippen LogP contribution in [0.25, 0.3) is 0 Å². The fraction of sp³-hybridized carbons (Fsp3) is 0.263. The molecule has 0 heterocycles. The van der Waals surface area contributed by atoms with Gasteiger partial charge in [-0.25, -0.2) is 0 Å². The van der Waals surface area contributed by atoms with E-state index in [4.69, 9.17) is 23.2 Å². The van der Waals surface area contributed by atoms with E-state index in [0.29, 0.717) is 29.1 Å². The van der Waals surface area contributed by atoms with Crippen LogP contribution in [0.15, 0.2) is 53.5 Å². The molecule has 0 aliphatic heterocycles. The third kappa shape index (κ3) is 6.94. The van der Waals surface area contributed by atoms with Gasteiger partial charge in [-0.1, -0.05) is 59.6 Å². The van der Waals surface area contributed by atoms with E-state index in [0.717, 1.165) is 12.0 Å². The van der Waals surface area contributed by atoms with E-state index in [1.165, 1.54) is 5.56 Å². The van der Waals surface area contributed by atoms with Crippen LogP contribution in [0.5, 0.6) is 0 Å². The molecular weight excluding hydrogens is 371 g/mol. The topological polar surface area (TPSA) is 65.5 Å². The number of aliphatic imine (C=N–C) groups is 1. The number of hydrogen-bond donors (Lipinski definition) is 3. The molecule has 2 rings (SSSR count). The second kappa shape index (κ2) is 10.7. The maximum Gasteiger partial charge on any atom is 0.239 e. The van der Waals surface area contributed by atoms with Gasteiger partial charge in [-0.15, -0.1) is 0 Å². The molecule has 1 amide bonds. The molecule has 0 saturated carbocycles. The molecule has 3 N–H and O–H groups in total. The summed E-state index contributed by atoms with van der Waals surface area (Å²) in [6.07, 6.45) is 0.800. The third-order valence-corrected chi connectivity index (χ3v) is 4.27. The molecule has 2 aromatic carbocycles. The molecule has 0 unspecified atom stereocenters. The SMILES string of the molecule is CN=C(NCC(=O)NCCc1ccccc1)NCc1ccc(Cl)cc1Cl. The van der Waals surface area contributed by atoms with Crippen molar-refractivity contribution in [3.05, 3.63) is 69.7 Å². The Morgan fingerprint density at radius 2 is 1.81 bits per heavy atom. The smallest absolute Gasteiger partial charge is 0.239 e. The molecule has 2 aromatic rings. The van der Waals surface area contributed by atoms with E-state index >= 15 is 0 Å². The molecular formula is C19H22Cl2N4O. The minimum absolute atomic E-state index is 0.0894. The Hall–Kier alpha value is -2.24. The lowest BCUT2D eigenvalue weighted by molar-refractivity contribution is -0.119. The number of hydrogen-bond acceptors (Lipinski definition) is 2. The molecule has 0 spiro atoms. The molecule has 0 radical (unpaired) electrons. The van der Waals surface area contributed by atoms with Crippen molar-refractivity contribution in [3.8, 4) is 0 Å². The molecule has 0 fully saturated rings. The summed E-state index contributed by atoms with van der Waals surface area (Å²) in [5.74, 6) is 0.433. The molecule has 138 valence electrons. The minimum Gasteiger partial charge on any atom is -0.354 e. The average Bonchev–Trinajstić information content (AvgIpc) is 2.64. The molecule has 0 aromatic heterocycles. The number of amides is 1. The fourth-order valence-corrected chi connectivity index (χ4v) is 2.76. The van der Waals surface area contributed by atoms with Crippen LogP contribution in [0.4, 0.5) is 0 Å². The van der Waals surface area contributed by atoms with E-state index in [2.05, 4.69) is 20.9 Å². The fourth-order valence-electron chi connectivity index (χ4n) is 2.28. The van der Waals surface area contributed by atoms with E-state index in [-0.39, 0.29) is 12.5 Å². The number of guanidine groups is 1. The number of nitrogens with zero attached hydrogens (tertiary/aromatic N) is 1. The normalized spacial score (nSPS) is 11.1. The Morgan fingerprint density at radius 1 is 1.04 bits per heavy atom. The predicted octanol–water partition coefficient (Wildman–Crippen LogP) is 3.02.